The predicted octanol–water partition coefficient (Wildman–Crippen LogP) is 3.57. The van der Waals surface area contributed by atoms with Crippen molar-refractivity contribution in [1.82, 2.24) is 10.6 Å². The topological polar surface area (TPSA) is 151 Å². The average molecular weight is 603 g/mol. The first kappa shape index (κ1) is 33.8. The molecule has 0 radical (unpaired) electrons. The maximum absolute atomic E-state index is 12.5. The Hall–Kier alpha value is -3.71. The summed E-state index contributed by atoms with van der Waals surface area (Å²) in [6, 6.07) is 14.8. The minimum atomic E-state index is -1.16. The summed E-state index contributed by atoms with van der Waals surface area (Å²) in [5, 5.41) is 14.7. The molecular weight excluding hydrogens is 560 g/mol. The standard InChI is InChI=1S/C31H42N2O10/c1-38-15-17-40-19-22(20-41-18-16-39-2)43-30(36)32-14-8-7-13-28(29(34)35)33-31(37)42-21-27-25-11-5-3-9-23(25)24-10-4-6-12-26(24)27/h3-6,9-12,22,27-28H,7-8,13-21H2,1-2H3,(H,32,36)(H,33,37)(H,34,35). The van der Waals surface area contributed by atoms with Gasteiger partial charge in [0.1, 0.15) is 12.6 Å². The molecule has 0 bridgehead atoms. The molecular formula is C31H42N2O10. The number of alkyl carbamates (subject to hydrolysis) is 2. The molecule has 1 aliphatic carbocycles. The van der Waals surface area contributed by atoms with E-state index in [0.29, 0.717) is 39.3 Å². The van der Waals surface area contributed by atoms with E-state index in [1.807, 2.05) is 48.5 Å². The molecule has 43 heavy (non-hydrogen) atoms. The highest BCUT2D eigenvalue weighted by Crippen LogP contribution is 2.44. The molecule has 2 aromatic carbocycles. The van der Waals surface area contributed by atoms with Crippen molar-refractivity contribution in [3.05, 3.63) is 59.7 Å². The zero-order valence-electron chi connectivity index (χ0n) is 24.8. The lowest BCUT2D eigenvalue weighted by Gasteiger charge is -2.19. The van der Waals surface area contributed by atoms with Gasteiger partial charge in [-0.3, -0.25) is 0 Å². The average Bonchev–Trinajstić information content (AvgIpc) is 3.33. The number of nitrogens with one attached hydrogen (secondary N) is 2. The molecule has 2 amide bonds. The Balaban J connectivity index is 1.37. The molecule has 1 aliphatic rings. The maximum atomic E-state index is 12.5. The fraction of sp³-hybridized carbons (Fsp3) is 0.516. The SMILES string of the molecule is COCCOCC(COCCOC)OC(=O)NCCCCC(NC(=O)OCC1c2ccccc2-c2ccccc21)C(=O)O. The second-order valence-corrected chi connectivity index (χ2v) is 9.95. The van der Waals surface area contributed by atoms with E-state index in [9.17, 15) is 19.5 Å². The molecule has 0 aliphatic heterocycles. The van der Waals surface area contributed by atoms with E-state index in [1.165, 1.54) is 0 Å². The summed E-state index contributed by atoms with van der Waals surface area (Å²) in [4.78, 5) is 36.6. The number of rotatable bonds is 20. The van der Waals surface area contributed by atoms with Gasteiger partial charge in [0, 0.05) is 26.7 Å². The van der Waals surface area contributed by atoms with Gasteiger partial charge in [-0.15, -0.1) is 0 Å². The Morgan fingerprint density at radius 1 is 0.814 bits per heavy atom. The largest absolute Gasteiger partial charge is 0.480 e. The number of hydrogen-bond acceptors (Lipinski definition) is 9. The second kappa shape index (κ2) is 18.7. The van der Waals surface area contributed by atoms with Crippen LogP contribution >= 0.6 is 0 Å². The van der Waals surface area contributed by atoms with Crippen molar-refractivity contribution in [2.24, 2.45) is 0 Å². The lowest BCUT2D eigenvalue weighted by molar-refractivity contribution is -0.139. The van der Waals surface area contributed by atoms with Crippen LogP contribution in [0.4, 0.5) is 9.59 Å². The van der Waals surface area contributed by atoms with Crippen LogP contribution in [0.3, 0.4) is 0 Å². The van der Waals surface area contributed by atoms with E-state index < -0.39 is 30.3 Å². The Morgan fingerprint density at radius 3 is 1.95 bits per heavy atom. The van der Waals surface area contributed by atoms with Gasteiger partial charge in [-0.25, -0.2) is 14.4 Å². The smallest absolute Gasteiger partial charge is 0.407 e. The summed E-state index contributed by atoms with van der Waals surface area (Å²) >= 11 is 0. The molecule has 3 rings (SSSR count). The van der Waals surface area contributed by atoms with Gasteiger partial charge in [0.25, 0.3) is 0 Å². The molecule has 0 heterocycles. The van der Waals surface area contributed by atoms with Gasteiger partial charge >= 0.3 is 18.2 Å². The van der Waals surface area contributed by atoms with E-state index in [4.69, 9.17) is 28.4 Å². The number of methoxy groups -OCH3 is 2. The number of carbonyl (C=O) groups excluding carboxylic acids is 2. The van der Waals surface area contributed by atoms with Crippen molar-refractivity contribution in [2.45, 2.75) is 37.3 Å². The first-order valence-corrected chi connectivity index (χ1v) is 14.4. The normalized spacial score (nSPS) is 12.8. The van der Waals surface area contributed by atoms with Crippen LogP contribution in [0.15, 0.2) is 48.5 Å². The van der Waals surface area contributed by atoms with E-state index in [0.717, 1.165) is 22.3 Å². The van der Waals surface area contributed by atoms with Crippen molar-refractivity contribution < 1.29 is 47.9 Å². The van der Waals surface area contributed by atoms with Crippen molar-refractivity contribution in [2.75, 3.05) is 67.0 Å². The monoisotopic (exact) mass is 602 g/mol. The number of carboxylic acid groups (broad SMARTS) is 1. The summed E-state index contributed by atoms with van der Waals surface area (Å²) < 4.78 is 31.7. The summed E-state index contributed by atoms with van der Waals surface area (Å²) in [6.07, 6.45) is -0.967. The molecule has 2 aromatic rings. The molecule has 12 nitrogen and oxygen atoms in total. The van der Waals surface area contributed by atoms with E-state index >= 15 is 0 Å². The number of unbranched alkanes of at least 4 members (excludes halogenated alkanes) is 1. The summed E-state index contributed by atoms with van der Waals surface area (Å²) in [7, 11) is 3.13. The molecule has 0 saturated carbocycles. The van der Waals surface area contributed by atoms with Crippen LogP contribution in [-0.2, 0) is 33.2 Å². The van der Waals surface area contributed by atoms with Crippen LogP contribution < -0.4 is 10.6 Å². The maximum Gasteiger partial charge on any atom is 0.407 e. The minimum absolute atomic E-state index is 0.0913. The Bertz CT molecular complexity index is 1100. The molecule has 0 saturated heterocycles. The lowest BCUT2D eigenvalue weighted by atomic mass is 9.98. The fourth-order valence-corrected chi connectivity index (χ4v) is 4.73. The predicted molar refractivity (Wildman–Crippen MR) is 157 cm³/mol. The zero-order chi connectivity index (χ0) is 30.9. The van der Waals surface area contributed by atoms with Crippen LogP contribution in [-0.4, -0.2) is 102 Å². The van der Waals surface area contributed by atoms with Crippen LogP contribution in [0.1, 0.15) is 36.3 Å². The van der Waals surface area contributed by atoms with Crippen LogP contribution in [0.5, 0.6) is 0 Å². The Morgan fingerprint density at radius 2 is 1.40 bits per heavy atom. The third-order valence-corrected chi connectivity index (χ3v) is 6.87. The molecule has 236 valence electrons. The van der Waals surface area contributed by atoms with Crippen LogP contribution in [0.25, 0.3) is 11.1 Å². The van der Waals surface area contributed by atoms with E-state index in [-0.39, 0.29) is 38.7 Å². The molecule has 0 fully saturated rings. The second-order valence-electron chi connectivity index (χ2n) is 9.95. The van der Waals surface area contributed by atoms with Gasteiger partial charge in [-0.2, -0.15) is 0 Å². The van der Waals surface area contributed by atoms with Gasteiger partial charge in [-0.05, 0) is 41.5 Å². The number of carbonyl (C=O) groups is 3. The number of fused-ring (bicyclic) bond motifs is 3. The number of benzene rings is 2. The van der Waals surface area contributed by atoms with Crippen molar-refractivity contribution in [1.29, 1.82) is 0 Å². The highest BCUT2D eigenvalue weighted by molar-refractivity contribution is 5.81. The first-order chi connectivity index (χ1) is 20.9. The van der Waals surface area contributed by atoms with E-state index in [1.54, 1.807) is 14.2 Å². The third-order valence-electron chi connectivity index (χ3n) is 6.87. The number of carboxylic acids is 1. The van der Waals surface area contributed by atoms with Gasteiger partial charge in [0.05, 0.1) is 39.6 Å². The minimum Gasteiger partial charge on any atom is -0.480 e. The van der Waals surface area contributed by atoms with Gasteiger partial charge in [0.2, 0.25) is 0 Å². The van der Waals surface area contributed by atoms with Crippen molar-refractivity contribution >= 4 is 18.2 Å². The molecule has 1 atom stereocenters. The molecule has 0 spiro atoms. The lowest BCUT2D eigenvalue weighted by Crippen LogP contribution is -2.41. The quantitative estimate of drug-likeness (QED) is 0.192. The molecule has 12 heteroatoms. The number of ether oxygens (including phenoxy) is 6. The van der Waals surface area contributed by atoms with Crippen molar-refractivity contribution in [3.8, 4) is 11.1 Å². The van der Waals surface area contributed by atoms with Gasteiger partial charge in [0.15, 0.2) is 6.10 Å². The first-order valence-electron chi connectivity index (χ1n) is 14.4. The molecule has 1 unspecified atom stereocenters. The summed E-state index contributed by atoms with van der Waals surface area (Å²) in [6.45, 7) is 2.17. The number of amides is 2. The van der Waals surface area contributed by atoms with Crippen molar-refractivity contribution in [3.63, 3.8) is 0 Å². The van der Waals surface area contributed by atoms with E-state index in [2.05, 4.69) is 10.6 Å². The summed E-state index contributed by atoms with van der Waals surface area (Å²) in [5.41, 5.74) is 4.35. The number of aliphatic carboxylic acids is 1. The fourth-order valence-electron chi connectivity index (χ4n) is 4.73. The van der Waals surface area contributed by atoms with Gasteiger partial charge in [-0.1, -0.05) is 48.5 Å². The zero-order valence-corrected chi connectivity index (χ0v) is 24.8. The van der Waals surface area contributed by atoms with Crippen LogP contribution in [0.2, 0.25) is 0 Å². The number of hydrogen-bond donors (Lipinski definition) is 3. The molecule has 0 aromatic heterocycles. The highest BCUT2D eigenvalue weighted by atomic mass is 16.6. The van der Waals surface area contributed by atoms with Gasteiger partial charge < -0.3 is 44.2 Å². The highest BCUT2D eigenvalue weighted by Gasteiger charge is 2.29. The molecule has 3 N–H and O–H groups in total. The third kappa shape index (κ3) is 11.1. The van der Waals surface area contributed by atoms with Crippen LogP contribution in [0, 0.1) is 0 Å². The summed E-state index contributed by atoms with van der Waals surface area (Å²) in [5.74, 6) is -1.29. The Kier molecular flexibility index (Phi) is 14.7. The Labute approximate surface area is 251 Å².